The molecule has 0 saturated carbocycles. The van der Waals surface area contributed by atoms with Crippen LogP contribution in [-0.4, -0.2) is 25.8 Å². The molecule has 0 spiro atoms. The van der Waals surface area contributed by atoms with Crippen LogP contribution in [0.4, 0.5) is 17.1 Å². The molecule has 1 aliphatic heterocycles. The molecule has 0 saturated heterocycles. The average molecular weight is 530 g/mol. The second kappa shape index (κ2) is 10.3. The third kappa shape index (κ3) is 5.21. The van der Waals surface area contributed by atoms with Crippen LogP contribution in [0.25, 0.3) is 17.4 Å². The van der Waals surface area contributed by atoms with Crippen LogP contribution in [0.2, 0.25) is 0 Å². The van der Waals surface area contributed by atoms with Gasteiger partial charge in [0.05, 0.1) is 15.5 Å². The Bertz CT molecular complexity index is 1640. The molecule has 1 aromatic heterocycles. The van der Waals surface area contributed by atoms with Gasteiger partial charge in [-0.3, -0.25) is 19.2 Å². The largest absolute Gasteiger partial charge is 0.457 e. The number of amides is 1. The van der Waals surface area contributed by atoms with E-state index in [1.165, 1.54) is 40.7 Å². The van der Waals surface area contributed by atoms with Gasteiger partial charge < -0.3 is 9.73 Å². The van der Waals surface area contributed by atoms with E-state index in [0.717, 1.165) is 18.4 Å². The fourth-order valence-electron chi connectivity index (χ4n) is 4.30. The van der Waals surface area contributed by atoms with Crippen molar-refractivity contribution in [3.63, 3.8) is 0 Å². The SMILES string of the molecule is O=C(/C=C/c1ccc(-c2ccc([N+](=O)[O-])cc2)o1)Nc1cccc(S(=O)(=O)N2CCCc3ccccc32)c1. The van der Waals surface area contributed by atoms with Crippen LogP contribution in [0.1, 0.15) is 17.7 Å². The van der Waals surface area contributed by atoms with Gasteiger partial charge in [-0.2, -0.15) is 0 Å². The number of nitrogens with one attached hydrogen (secondary N) is 1. The molecule has 1 N–H and O–H groups in total. The van der Waals surface area contributed by atoms with Crippen LogP contribution in [0.15, 0.2) is 100 Å². The number of para-hydroxylation sites is 1. The summed E-state index contributed by atoms with van der Waals surface area (Å²) in [5.41, 5.74) is 2.66. The minimum absolute atomic E-state index is 0.0188. The zero-order chi connectivity index (χ0) is 26.7. The van der Waals surface area contributed by atoms with Gasteiger partial charge in [-0.15, -0.1) is 0 Å². The maximum Gasteiger partial charge on any atom is 0.269 e. The number of benzene rings is 3. The van der Waals surface area contributed by atoms with Crippen molar-refractivity contribution >= 4 is 39.1 Å². The molecule has 9 nitrogen and oxygen atoms in total. The van der Waals surface area contributed by atoms with Crippen molar-refractivity contribution in [3.05, 3.63) is 112 Å². The minimum atomic E-state index is -3.81. The molecule has 5 rings (SSSR count). The Balaban J connectivity index is 1.27. The Labute approximate surface area is 219 Å². The predicted octanol–water partition coefficient (Wildman–Crippen LogP) is 5.65. The predicted molar refractivity (Wildman–Crippen MR) is 144 cm³/mol. The molecule has 1 amide bonds. The number of nitro groups is 1. The summed E-state index contributed by atoms with van der Waals surface area (Å²) >= 11 is 0. The number of hydrogen-bond donors (Lipinski definition) is 1. The number of anilines is 2. The minimum Gasteiger partial charge on any atom is -0.457 e. The standard InChI is InChI=1S/C28H23N3O6S/c32-28(17-15-24-14-16-27(37-24)21-10-12-23(13-11-21)31(33)34)29-22-7-3-8-25(19-22)38(35,36)30-18-4-6-20-5-1-2-9-26(20)30/h1-3,5,7-17,19H,4,6,18H2,(H,29,32)/b17-15+. The number of carbonyl (C=O) groups excluding carboxylic acids is 1. The number of aryl methyl sites for hydroxylation is 1. The van der Waals surface area contributed by atoms with Gasteiger partial charge in [0.1, 0.15) is 11.5 Å². The van der Waals surface area contributed by atoms with Gasteiger partial charge in [0, 0.05) is 36.0 Å². The lowest BCUT2D eigenvalue weighted by atomic mass is 10.0. The van der Waals surface area contributed by atoms with Gasteiger partial charge in [0.25, 0.3) is 15.7 Å². The van der Waals surface area contributed by atoms with Crippen molar-refractivity contribution in [1.82, 2.24) is 0 Å². The Morgan fingerprint density at radius 2 is 1.79 bits per heavy atom. The fourth-order valence-corrected chi connectivity index (χ4v) is 5.88. The number of fused-ring (bicyclic) bond motifs is 1. The third-order valence-electron chi connectivity index (χ3n) is 6.15. The monoisotopic (exact) mass is 529 g/mol. The van der Waals surface area contributed by atoms with Crippen LogP contribution in [0.3, 0.4) is 0 Å². The van der Waals surface area contributed by atoms with Crippen molar-refractivity contribution in [2.45, 2.75) is 17.7 Å². The molecule has 2 heterocycles. The summed E-state index contributed by atoms with van der Waals surface area (Å²) in [6.07, 6.45) is 4.32. The summed E-state index contributed by atoms with van der Waals surface area (Å²) in [7, 11) is -3.81. The Morgan fingerprint density at radius 3 is 2.58 bits per heavy atom. The summed E-state index contributed by atoms with van der Waals surface area (Å²) in [5.74, 6) is 0.446. The molecule has 0 bridgehead atoms. The molecular formula is C28H23N3O6S. The zero-order valence-corrected chi connectivity index (χ0v) is 20.9. The second-order valence-electron chi connectivity index (χ2n) is 8.67. The summed E-state index contributed by atoms with van der Waals surface area (Å²) in [6.45, 7) is 0.393. The molecular weight excluding hydrogens is 506 g/mol. The lowest BCUT2D eigenvalue weighted by Gasteiger charge is -2.30. The molecule has 4 aromatic rings. The van der Waals surface area contributed by atoms with Crippen LogP contribution < -0.4 is 9.62 Å². The first kappa shape index (κ1) is 25.0. The molecule has 1 aliphatic rings. The van der Waals surface area contributed by atoms with E-state index in [-0.39, 0.29) is 10.6 Å². The van der Waals surface area contributed by atoms with Gasteiger partial charge in [-0.25, -0.2) is 8.42 Å². The molecule has 0 fully saturated rings. The van der Waals surface area contributed by atoms with E-state index >= 15 is 0 Å². The summed E-state index contributed by atoms with van der Waals surface area (Å²) in [6, 6.07) is 23.0. The van der Waals surface area contributed by atoms with Gasteiger partial charge in [-0.05, 0) is 73.0 Å². The highest BCUT2D eigenvalue weighted by atomic mass is 32.2. The quantitative estimate of drug-likeness (QED) is 0.188. The molecule has 38 heavy (non-hydrogen) atoms. The molecule has 192 valence electrons. The fraction of sp³-hybridized carbons (Fsp3) is 0.107. The van der Waals surface area contributed by atoms with Gasteiger partial charge in [-0.1, -0.05) is 24.3 Å². The van der Waals surface area contributed by atoms with E-state index in [1.54, 1.807) is 36.4 Å². The number of rotatable bonds is 7. The first-order valence-electron chi connectivity index (χ1n) is 11.9. The average Bonchev–Trinajstić information content (AvgIpc) is 3.41. The van der Waals surface area contributed by atoms with E-state index in [2.05, 4.69) is 5.32 Å². The van der Waals surface area contributed by atoms with E-state index < -0.39 is 20.9 Å². The van der Waals surface area contributed by atoms with Crippen molar-refractivity contribution in [2.75, 3.05) is 16.2 Å². The number of carbonyl (C=O) groups is 1. The van der Waals surface area contributed by atoms with E-state index in [9.17, 15) is 23.3 Å². The number of hydrogen-bond acceptors (Lipinski definition) is 6. The topological polar surface area (TPSA) is 123 Å². The van der Waals surface area contributed by atoms with E-state index in [0.29, 0.717) is 35.0 Å². The summed E-state index contributed by atoms with van der Waals surface area (Å²) in [4.78, 5) is 23.0. The lowest BCUT2D eigenvalue weighted by molar-refractivity contribution is -0.384. The van der Waals surface area contributed by atoms with E-state index in [1.807, 2.05) is 24.3 Å². The lowest BCUT2D eigenvalue weighted by Crippen LogP contribution is -2.35. The normalized spacial score (nSPS) is 13.3. The highest BCUT2D eigenvalue weighted by Crippen LogP contribution is 2.32. The second-order valence-corrected chi connectivity index (χ2v) is 10.5. The molecule has 3 aromatic carbocycles. The van der Waals surface area contributed by atoms with E-state index in [4.69, 9.17) is 4.42 Å². The number of non-ortho nitro benzene ring substituents is 1. The maximum atomic E-state index is 13.4. The highest BCUT2D eigenvalue weighted by molar-refractivity contribution is 7.92. The molecule has 10 heteroatoms. The molecule has 0 atom stereocenters. The molecule has 0 radical (unpaired) electrons. The number of furan rings is 1. The van der Waals surface area contributed by atoms with Gasteiger partial charge in [0.2, 0.25) is 5.91 Å². The van der Waals surface area contributed by atoms with Crippen LogP contribution in [0, 0.1) is 10.1 Å². The van der Waals surface area contributed by atoms with Crippen LogP contribution >= 0.6 is 0 Å². The summed E-state index contributed by atoms with van der Waals surface area (Å²) < 4.78 is 34.0. The number of nitro benzene ring substituents is 1. The number of nitrogens with zero attached hydrogens (tertiary/aromatic N) is 2. The Morgan fingerprint density at radius 1 is 1.00 bits per heavy atom. The first-order valence-corrected chi connectivity index (χ1v) is 13.3. The smallest absolute Gasteiger partial charge is 0.269 e. The Hall–Kier alpha value is -4.70. The molecule has 0 aliphatic carbocycles. The van der Waals surface area contributed by atoms with Gasteiger partial charge >= 0.3 is 0 Å². The van der Waals surface area contributed by atoms with Crippen molar-refractivity contribution in [1.29, 1.82) is 0 Å². The maximum absolute atomic E-state index is 13.4. The van der Waals surface area contributed by atoms with Crippen LogP contribution in [-0.2, 0) is 21.2 Å². The third-order valence-corrected chi connectivity index (χ3v) is 7.95. The Kier molecular flexibility index (Phi) is 6.80. The van der Waals surface area contributed by atoms with Crippen molar-refractivity contribution < 1.29 is 22.6 Å². The highest BCUT2D eigenvalue weighted by Gasteiger charge is 2.29. The summed E-state index contributed by atoms with van der Waals surface area (Å²) in [5, 5.41) is 13.5. The number of sulfonamides is 1. The van der Waals surface area contributed by atoms with Crippen molar-refractivity contribution in [3.8, 4) is 11.3 Å². The van der Waals surface area contributed by atoms with Crippen LogP contribution in [0.5, 0.6) is 0 Å². The molecule has 0 unspecified atom stereocenters. The van der Waals surface area contributed by atoms with Crippen molar-refractivity contribution in [2.24, 2.45) is 0 Å². The first-order chi connectivity index (χ1) is 18.3. The van der Waals surface area contributed by atoms with Gasteiger partial charge in [0.15, 0.2) is 0 Å². The zero-order valence-electron chi connectivity index (χ0n) is 20.1.